The fourth-order valence-electron chi connectivity index (χ4n) is 1.58. The molecule has 0 aliphatic heterocycles. The van der Waals surface area contributed by atoms with Crippen LogP contribution in [0.4, 0.5) is 5.95 Å². The van der Waals surface area contributed by atoms with Gasteiger partial charge in [-0.3, -0.25) is 0 Å². The minimum atomic E-state index is 0.0728. The molecule has 0 aliphatic carbocycles. The monoisotopic (exact) mass is 291 g/mol. The molecule has 102 valence electrons. The second-order valence-electron chi connectivity index (χ2n) is 3.93. The Morgan fingerprint density at radius 3 is 2.90 bits per heavy atom. The van der Waals surface area contributed by atoms with Gasteiger partial charge in [0.1, 0.15) is 24.2 Å². The Hall–Kier alpha value is -2.48. The van der Waals surface area contributed by atoms with Gasteiger partial charge in [-0.15, -0.1) is 0 Å². The first-order chi connectivity index (χ1) is 9.70. The van der Waals surface area contributed by atoms with Crippen molar-refractivity contribution in [3.63, 3.8) is 0 Å². The van der Waals surface area contributed by atoms with Crippen molar-refractivity contribution in [2.75, 3.05) is 5.32 Å². The molecule has 9 heteroatoms. The Labute approximate surface area is 118 Å². The summed E-state index contributed by atoms with van der Waals surface area (Å²) in [7, 11) is 0. The van der Waals surface area contributed by atoms with E-state index in [1.54, 1.807) is 0 Å². The first-order valence-corrected chi connectivity index (χ1v) is 6.14. The number of furan rings is 1. The third kappa shape index (κ3) is 2.75. The molecule has 0 amide bonds. The van der Waals surface area contributed by atoms with Crippen LogP contribution >= 0.6 is 11.6 Å². The van der Waals surface area contributed by atoms with Gasteiger partial charge in [-0.05, 0) is 30.7 Å². The van der Waals surface area contributed by atoms with E-state index in [-0.39, 0.29) is 5.28 Å². The predicted molar refractivity (Wildman–Crippen MR) is 70.5 cm³/mol. The number of rotatable bonds is 4. The van der Waals surface area contributed by atoms with Crippen LogP contribution in [0.5, 0.6) is 0 Å². The van der Waals surface area contributed by atoms with E-state index >= 15 is 0 Å². The summed E-state index contributed by atoms with van der Waals surface area (Å²) >= 11 is 5.87. The first-order valence-electron chi connectivity index (χ1n) is 5.76. The maximum absolute atomic E-state index is 5.87. The maximum Gasteiger partial charge on any atom is 0.258 e. The minimum absolute atomic E-state index is 0.0728. The van der Waals surface area contributed by atoms with Crippen molar-refractivity contribution < 1.29 is 4.42 Å². The van der Waals surface area contributed by atoms with Crippen LogP contribution in [0.25, 0.3) is 5.95 Å². The summed E-state index contributed by atoms with van der Waals surface area (Å²) in [4.78, 5) is 16.0. The zero-order valence-corrected chi connectivity index (χ0v) is 11.2. The first kappa shape index (κ1) is 12.5. The molecule has 0 saturated carbocycles. The normalized spacial score (nSPS) is 10.7. The van der Waals surface area contributed by atoms with Crippen molar-refractivity contribution in [1.29, 1.82) is 0 Å². The molecule has 0 aliphatic rings. The average molecular weight is 292 g/mol. The van der Waals surface area contributed by atoms with E-state index < -0.39 is 0 Å². The molecule has 3 aromatic rings. The van der Waals surface area contributed by atoms with Crippen molar-refractivity contribution in [2.24, 2.45) is 0 Å². The fourth-order valence-corrected chi connectivity index (χ4v) is 1.73. The molecule has 20 heavy (non-hydrogen) atoms. The number of aromatic nitrogens is 6. The van der Waals surface area contributed by atoms with Gasteiger partial charge >= 0.3 is 0 Å². The summed E-state index contributed by atoms with van der Waals surface area (Å²) in [6.45, 7) is 2.33. The molecule has 0 aromatic carbocycles. The second-order valence-corrected chi connectivity index (χ2v) is 4.27. The van der Waals surface area contributed by atoms with Gasteiger partial charge < -0.3 is 9.73 Å². The number of nitrogens with zero attached hydrogens (tertiary/aromatic N) is 6. The van der Waals surface area contributed by atoms with Crippen LogP contribution in [0, 0.1) is 6.92 Å². The topological polar surface area (TPSA) is 94.6 Å². The number of hydrogen-bond donors (Lipinski definition) is 1. The summed E-state index contributed by atoms with van der Waals surface area (Å²) in [5.74, 6) is 2.25. The molecule has 0 fully saturated rings. The van der Waals surface area contributed by atoms with Gasteiger partial charge in [-0.25, -0.2) is 4.98 Å². The largest absolute Gasteiger partial charge is 0.465 e. The highest BCUT2D eigenvalue weighted by atomic mass is 35.5. The summed E-state index contributed by atoms with van der Waals surface area (Å²) in [6, 6.07) is 3.77. The van der Waals surface area contributed by atoms with Gasteiger partial charge in [0.05, 0.1) is 6.54 Å². The summed E-state index contributed by atoms with van der Waals surface area (Å²) in [6.07, 6.45) is 2.86. The number of hydrogen-bond acceptors (Lipinski definition) is 7. The molecule has 1 N–H and O–H groups in total. The van der Waals surface area contributed by atoms with Crippen LogP contribution in [-0.4, -0.2) is 29.7 Å². The molecule has 0 bridgehead atoms. The van der Waals surface area contributed by atoms with Crippen LogP contribution in [0.2, 0.25) is 5.28 Å². The standard InChI is InChI=1S/C11H10ClN7O/c1-7-2-3-8(20-7)4-14-10-16-9(12)17-11(18-10)19-6-13-5-15-19/h2-3,5-6H,4H2,1H3,(H,14,16,17,18). The van der Waals surface area contributed by atoms with E-state index in [9.17, 15) is 0 Å². The number of aryl methyl sites for hydroxylation is 1. The zero-order valence-electron chi connectivity index (χ0n) is 10.5. The van der Waals surface area contributed by atoms with Gasteiger partial charge in [0.2, 0.25) is 11.2 Å². The highest BCUT2D eigenvalue weighted by molar-refractivity contribution is 6.28. The highest BCUT2D eigenvalue weighted by Crippen LogP contribution is 2.11. The van der Waals surface area contributed by atoms with Gasteiger partial charge in [0.15, 0.2) is 0 Å². The molecule has 3 heterocycles. The SMILES string of the molecule is Cc1ccc(CNc2nc(Cl)nc(-n3cncn3)n2)o1. The van der Waals surface area contributed by atoms with Crippen LogP contribution in [-0.2, 0) is 6.54 Å². The van der Waals surface area contributed by atoms with Crippen LogP contribution in [0.3, 0.4) is 0 Å². The molecular formula is C11H10ClN7O. The van der Waals surface area contributed by atoms with E-state index in [1.165, 1.54) is 17.3 Å². The van der Waals surface area contributed by atoms with Crippen molar-refractivity contribution in [2.45, 2.75) is 13.5 Å². The maximum atomic E-state index is 5.87. The molecule has 0 radical (unpaired) electrons. The fraction of sp³-hybridized carbons (Fsp3) is 0.182. The third-order valence-electron chi connectivity index (χ3n) is 2.44. The lowest BCUT2D eigenvalue weighted by Crippen LogP contribution is -2.09. The summed E-state index contributed by atoms with van der Waals surface area (Å²) in [5.41, 5.74) is 0. The van der Waals surface area contributed by atoms with E-state index in [4.69, 9.17) is 16.0 Å². The third-order valence-corrected chi connectivity index (χ3v) is 2.61. The summed E-state index contributed by atoms with van der Waals surface area (Å²) < 4.78 is 6.84. The predicted octanol–water partition coefficient (Wildman–Crippen LogP) is 1.62. The average Bonchev–Trinajstić information content (AvgIpc) is 3.07. The van der Waals surface area contributed by atoms with E-state index in [0.29, 0.717) is 18.4 Å². The molecule has 0 atom stereocenters. The van der Waals surface area contributed by atoms with E-state index in [0.717, 1.165) is 11.5 Å². The second kappa shape index (κ2) is 5.25. The minimum Gasteiger partial charge on any atom is -0.465 e. The van der Waals surface area contributed by atoms with E-state index in [2.05, 4.69) is 30.4 Å². The molecule has 0 saturated heterocycles. The van der Waals surface area contributed by atoms with Gasteiger partial charge in [0.25, 0.3) is 5.95 Å². The molecule has 8 nitrogen and oxygen atoms in total. The smallest absolute Gasteiger partial charge is 0.258 e. The summed E-state index contributed by atoms with van der Waals surface area (Å²) in [5, 5.41) is 7.03. The van der Waals surface area contributed by atoms with Crippen LogP contribution in [0.1, 0.15) is 11.5 Å². The quantitative estimate of drug-likeness (QED) is 0.780. The van der Waals surface area contributed by atoms with Crippen LogP contribution in [0.15, 0.2) is 29.2 Å². The zero-order chi connectivity index (χ0) is 13.9. The lowest BCUT2D eigenvalue weighted by atomic mass is 10.4. The van der Waals surface area contributed by atoms with Crippen molar-refractivity contribution in [3.05, 3.63) is 41.6 Å². The van der Waals surface area contributed by atoms with E-state index in [1.807, 2.05) is 19.1 Å². The molecule has 3 aromatic heterocycles. The van der Waals surface area contributed by atoms with Crippen molar-refractivity contribution >= 4 is 17.5 Å². The van der Waals surface area contributed by atoms with Gasteiger partial charge in [-0.1, -0.05) is 0 Å². The Morgan fingerprint density at radius 2 is 2.20 bits per heavy atom. The Morgan fingerprint density at radius 1 is 1.30 bits per heavy atom. The number of nitrogens with one attached hydrogen (secondary N) is 1. The van der Waals surface area contributed by atoms with Gasteiger partial charge in [0, 0.05) is 0 Å². The van der Waals surface area contributed by atoms with Crippen molar-refractivity contribution in [1.82, 2.24) is 29.7 Å². The molecule has 0 unspecified atom stereocenters. The Kier molecular flexibility index (Phi) is 3.30. The van der Waals surface area contributed by atoms with Crippen molar-refractivity contribution in [3.8, 4) is 5.95 Å². The molecule has 0 spiro atoms. The number of halogens is 1. The Balaban J connectivity index is 1.79. The highest BCUT2D eigenvalue weighted by Gasteiger charge is 2.08. The lowest BCUT2D eigenvalue weighted by molar-refractivity contribution is 0.490. The Bertz CT molecular complexity index is 709. The molecule has 3 rings (SSSR count). The lowest BCUT2D eigenvalue weighted by Gasteiger charge is -2.05. The number of anilines is 1. The van der Waals surface area contributed by atoms with Gasteiger partial charge in [-0.2, -0.15) is 24.7 Å². The van der Waals surface area contributed by atoms with Crippen LogP contribution < -0.4 is 5.32 Å². The molecular weight excluding hydrogens is 282 g/mol.